The van der Waals surface area contributed by atoms with E-state index in [4.69, 9.17) is 0 Å². The second kappa shape index (κ2) is 5.92. The topological polar surface area (TPSA) is 68.3 Å². The number of ketones is 4. The molecular formula is C24H14O4. The van der Waals surface area contributed by atoms with Crippen molar-refractivity contribution in [2.45, 2.75) is 11.8 Å². The van der Waals surface area contributed by atoms with Crippen LogP contribution in [0.5, 0.6) is 0 Å². The lowest BCUT2D eigenvalue weighted by atomic mass is 9.93. The molecule has 0 heterocycles. The Labute approximate surface area is 160 Å². The average Bonchev–Trinajstić information content (AvgIpc) is 3.12. The van der Waals surface area contributed by atoms with Crippen LogP contribution >= 0.6 is 0 Å². The summed E-state index contributed by atoms with van der Waals surface area (Å²) >= 11 is 0. The van der Waals surface area contributed by atoms with E-state index >= 15 is 0 Å². The minimum absolute atomic E-state index is 0.229. The number of carbonyl (C=O) groups excluding carboxylic acids is 4. The Bertz CT molecular complexity index is 1030. The first-order valence-electron chi connectivity index (χ1n) is 9.02. The van der Waals surface area contributed by atoms with Crippen molar-refractivity contribution in [3.8, 4) is 0 Å². The van der Waals surface area contributed by atoms with Crippen LogP contribution in [0.25, 0.3) is 0 Å². The molecule has 0 N–H and O–H groups in total. The fourth-order valence-electron chi connectivity index (χ4n) is 4.17. The van der Waals surface area contributed by atoms with E-state index in [1.807, 2.05) is 12.1 Å². The minimum Gasteiger partial charge on any atom is -0.293 e. The molecule has 0 fully saturated rings. The molecule has 3 aromatic carbocycles. The molecule has 0 bridgehead atoms. The zero-order chi connectivity index (χ0) is 19.4. The Hall–Kier alpha value is -3.66. The maximum Gasteiger partial charge on any atom is 0.178 e. The zero-order valence-corrected chi connectivity index (χ0v) is 14.7. The van der Waals surface area contributed by atoms with Crippen molar-refractivity contribution in [2.24, 2.45) is 0 Å². The predicted octanol–water partition coefficient (Wildman–Crippen LogP) is 4.01. The quantitative estimate of drug-likeness (QED) is 0.643. The first kappa shape index (κ1) is 16.5. The normalized spacial score (nSPS) is 16.6. The molecule has 0 aliphatic heterocycles. The van der Waals surface area contributed by atoms with Crippen molar-refractivity contribution < 1.29 is 19.2 Å². The molecule has 4 heteroatoms. The summed E-state index contributed by atoms with van der Waals surface area (Å²) in [7, 11) is 0. The number of benzene rings is 3. The fourth-order valence-corrected chi connectivity index (χ4v) is 4.17. The fraction of sp³-hybridized carbons (Fsp3) is 0.0833. The number of carbonyl (C=O) groups is 4. The molecule has 0 radical (unpaired) electrons. The summed E-state index contributed by atoms with van der Waals surface area (Å²) in [4.78, 5) is 51.7. The molecule has 0 atom stereocenters. The Kier molecular flexibility index (Phi) is 3.49. The Morgan fingerprint density at radius 3 is 1.00 bits per heavy atom. The molecule has 2 aliphatic carbocycles. The van der Waals surface area contributed by atoms with Gasteiger partial charge < -0.3 is 0 Å². The summed E-state index contributed by atoms with van der Waals surface area (Å²) < 4.78 is 0. The maximum absolute atomic E-state index is 12.9. The minimum atomic E-state index is -0.908. The van der Waals surface area contributed by atoms with Crippen LogP contribution < -0.4 is 0 Å². The number of hydrogen-bond acceptors (Lipinski definition) is 4. The van der Waals surface area contributed by atoms with Crippen molar-refractivity contribution in [3.05, 3.63) is 106 Å². The molecule has 0 amide bonds. The number of rotatable bonds is 2. The van der Waals surface area contributed by atoms with Gasteiger partial charge in [-0.25, -0.2) is 0 Å². The molecule has 28 heavy (non-hydrogen) atoms. The summed E-state index contributed by atoms with van der Waals surface area (Å²) in [6.45, 7) is 0. The van der Waals surface area contributed by atoms with Gasteiger partial charge in [-0.15, -0.1) is 0 Å². The molecule has 134 valence electrons. The third kappa shape index (κ3) is 2.18. The third-order valence-electron chi connectivity index (χ3n) is 5.53. The van der Waals surface area contributed by atoms with Gasteiger partial charge in [-0.05, 0) is 23.3 Å². The van der Waals surface area contributed by atoms with Crippen LogP contribution in [0.2, 0.25) is 0 Å². The largest absolute Gasteiger partial charge is 0.293 e. The summed E-state index contributed by atoms with van der Waals surface area (Å²) in [5.74, 6) is -3.10. The van der Waals surface area contributed by atoms with Crippen molar-refractivity contribution in [3.63, 3.8) is 0 Å². The summed E-state index contributed by atoms with van der Waals surface area (Å²) in [6.07, 6.45) is 0. The molecule has 4 nitrogen and oxygen atoms in total. The summed E-state index contributed by atoms with van der Waals surface area (Å²) in [5, 5.41) is 0. The van der Waals surface area contributed by atoms with E-state index in [0.29, 0.717) is 11.1 Å². The van der Waals surface area contributed by atoms with Crippen molar-refractivity contribution in [2.75, 3.05) is 0 Å². The Morgan fingerprint density at radius 2 is 0.714 bits per heavy atom. The lowest BCUT2D eigenvalue weighted by Crippen LogP contribution is -2.13. The van der Waals surface area contributed by atoms with Gasteiger partial charge in [-0.1, -0.05) is 60.7 Å². The van der Waals surface area contributed by atoms with Gasteiger partial charge in [0.25, 0.3) is 0 Å². The number of fused-ring (bicyclic) bond motifs is 2. The van der Waals surface area contributed by atoms with Gasteiger partial charge >= 0.3 is 0 Å². The van der Waals surface area contributed by atoms with Crippen LogP contribution in [0.3, 0.4) is 0 Å². The molecule has 3 aromatic rings. The van der Waals surface area contributed by atoms with Gasteiger partial charge in [0, 0.05) is 22.3 Å². The van der Waals surface area contributed by atoms with Gasteiger partial charge in [0.15, 0.2) is 23.1 Å². The van der Waals surface area contributed by atoms with E-state index in [2.05, 4.69) is 0 Å². The van der Waals surface area contributed by atoms with Crippen molar-refractivity contribution >= 4 is 23.1 Å². The van der Waals surface area contributed by atoms with Crippen LogP contribution in [0.15, 0.2) is 72.8 Å². The van der Waals surface area contributed by atoms with E-state index in [1.165, 1.54) is 12.1 Å². The van der Waals surface area contributed by atoms with E-state index in [1.54, 1.807) is 48.5 Å². The highest BCUT2D eigenvalue weighted by molar-refractivity contribution is 6.34. The monoisotopic (exact) mass is 366 g/mol. The Balaban J connectivity index is 1.61. The van der Waals surface area contributed by atoms with Crippen LogP contribution in [0.1, 0.15) is 64.4 Å². The highest BCUT2D eigenvalue weighted by Gasteiger charge is 2.45. The van der Waals surface area contributed by atoms with Gasteiger partial charge in [0.2, 0.25) is 0 Å². The van der Waals surface area contributed by atoms with Gasteiger partial charge in [0.1, 0.15) is 11.8 Å². The molecule has 5 rings (SSSR count). The van der Waals surface area contributed by atoms with Crippen molar-refractivity contribution in [1.29, 1.82) is 0 Å². The SMILES string of the molecule is O=C1c2cc3c(cc2C(=O)C1c1ccccc1)C(=O)C(c1ccccc1)C3=O. The van der Waals surface area contributed by atoms with E-state index < -0.39 is 11.8 Å². The lowest BCUT2D eigenvalue weighted by Gasteiger charge is -2.07. The standard InChI is InChI=1S/C24H14O4/c25-21-15-11-17-18(24(28)20(23(17)27)14-9-5-2-6-10-14)12-16(15)22(26)19(21)13-7-3-1-4-8-13/h1-12,19-20H. The van der Waals surface area contributed by atoms with Crippen LogP contribution in [0.4, 0.5) is 0 Å². The van der Waals surface area contributed by atoms with Crippen LogP contribution in [-0.2, 0) is 0 Å². The van der Waals surface area contributed by atoms with Gasteiger partial charge in [-0.3, -0.25) is 19.2 Å². The van der Waals surface area contributed by atoms with E-state index in [-0.39, 0.29) is 45.4 Å². The summed E-state index contributed by atoms with van der Waals surface area (Å²) in [6, 6.07) is 20.6. The zero-order valence-electron chi connectivity index (χ0n) is 14.7. The second-order valence-corrected chi connectivity index (χ2v) is 7.09. The maximum atomic E-state index is 12.9. The molecule has 0 saturated carbocycles. The Morgan fingerprint density at radius 1 is 0.429 bits per heavy atom. The average molecular weight is 366 g/mol. The van der Waals surface area contributed by atoms with E-state index in [9.17, 15) is 19.2 Å². The molecule has 0 spiro atoms. The first-order valence-corrected chi connectivity index (χ1v) is 9.02. The first-order chi connectivity index (χ1) is 13.6. The second-order valence-electron chi connectivity index (χ2n) is 7.09. The lowest BCUT2D eigenvalue weighted by molar-refractivity contribution is 0.0878. The van der Waals surface area contributed by atoms with Crippen molar-refractivity contribution in [1.82, 2.24) is 0 Å². The molecule has 0 aromatic heterocycles. The van der Waals surface area contributed by atoms with Crippen LogP contribution in [-0.4, -0.2) is 23.1 Å². The van der Waals surface area contributed by atoms with Gasteiger partial charge in [0.05, 0.1) is 0 Å². The van der Waals surface area contributed by atoms with Gasteiger partial charge in [-0.2, -0.15) is 0 Å². The predicted molar refractivity (Wildman–Crippen MR) is 102 cm³/mol. The summed E-state index contributed by atoms with van der Waals surface area (Å²) in [5.41, 5.74) is 2.15. The molecular weight excluding hydrogens is 352 g/mol. The van der Waals surface area contributed by atoms with E-state index in [0.717, 1.165) is 0 Å². The highest BCUT2D eigenvalue weighted by Crippen LogP contribution is 2.40. The third-order valence-corrected chi connectivity index (χ3v) is 5.53. The van der Waals surface area contributed by atoms with Crippen LogP contribution in [0, 0.1) is 0 Å². The molecule has 0 unspecified atom stereocenters. The number of Topliss-reactive ketones (excluding diaryl/α,β-unsaturated/α-hetero) is 4. The highest BCUT2D eigenvalue weighted by atomic mass is 16.2. The molecule has 0 saturated heterocycles. The smallest absolute Gasteiger partial charge is 0.178 e. The number of hydrogen-bond donors (Lipinski definition) is 0. The molecule has 2 aliphatic rings.